The molecule has 0 radical (unpaired) electrons. The Labute approximate surface area is 149 Å². The van der Waals surface area contributed by atoms with Crippen molar-refractivity contribution in [3.63, 3.8) is 0 Å². The van der Waals surface area contributed by atoms with Gasteiger partial charge >= 0.3 is 0 Å². The standard InChI is InChI=1S/C18H27ClN4O/c1-3-8-21-18(20-4-2)23-11-9-22(10-12-23)17(24)14-15-6-5-7-16(19)13-15/h5-7,13H,3-4,8-12,14H2,1-2H3,(H,20,21). The zero-order valence-corrected chi connectivity index (χ0v) is 15.4. The van der Waals surface area contributed by atoms with Crippen LogP contribution in [0.3, 0.4) is 0 Å². The van der Waals surface area contributed by atoms with Gasteiger partial charge in [-0.25, -0.2) is 0 Å². The van der Waals surface area contributed by atoms with Gasteiger partial charge in [0, 0.05) is 44.3 Å². The van der Waals surface area contributed by atoms with E-state index in [0.29, 0.717) is 11.4 Å². The van der Waals surface area contributed by atoms with Crippen LogP contribution in [0.5, 0.6) is 0 Å². The van der Waals surface area contributed by atoms with Gasteiger partial charge in [0.05, 0.1) is 6.42 Å². The normalized spacial score (nSPS) is 15.5. The highest BCUT2D eigenvalue weighted by Gasteiger charge is 2.22. The van der Waals surface area contributed by atoms with Crippen LogP contribution in [-0.4, -0.2) is 60.9 Å². The second kappa shape index (κ2) is 9.52. The van der Waals surface area contributed by atoms with Crippen LogP contribution in [0.4, 0.5) is 0 Å². The van der Waals surface area contributed by atoms with Crippen molar-refractivity contribution in [3.8, 4) is 0 Å². The highest BCUT2D eigenvalue weighted by Crippen LogP contribution is 2.13. The molecule has 0 aliphatic carbocycles. The predicted octanol–water partition coefficient (Wildman–Crippen LogP) is 2.40. The van der Waals surface area contributed by atoms with E-state index in [0.717, 1.165) is 57.2 Å². The SMILES string of the molecule is CCCN=C(NCC)N1CCN(C(=O)Cc2cccc(Cl)c2)CC1. The van der Waals surface area contributed by atoms with E-state index in [4.69, 9.17) is 11.6 Å². The van der Waals surface area contributed by atoms with Crippen LogP contribution in [0.25, 0.3) is 0 Å². The van der Waals surface area contributed by atoms with Crippen molar-refractivity contribution in [2.75, 3.05) is 39.3 Å². The first-order valence-corrected chi connectivity index (χ1v) is 9.07. The molecule has 5 nitrogen and oxygen atoms in total. The number of carbonyl (C=O) groups is 1. The molecule has 6 heteroatoms. The number of aliphatic imine (C=N–C) groups is 1. The summed E-state index contributed by atoms with van der Waals surface area (Å²) in [6.07, 6.45) is 1.44. The van der Waals surface area contributed by atoms with E-state index in [1.165, 1.54) is 0 Å². The number of piperazine rings is 1. The lowest BCUT2D eigenvalue weighted by Crippen LogP contribution is -2.54. The van der Waals surface area contributed by atoms with Crippen molar-refractivity contribution in [2.45, 2.75) is 26.7 Å². The largest absolute Gasteiger partial charge is 0.357 e. The van der Waals surface area contributed by atoms with Crippen LogP contribution in [0.2, 0.25) is 5.02 Å². The monoisotopic (exact) mass is 350 g/mol. The Kier molecular flexibility index (Phi) is 7.37. The number of guanidine groups is 1. The van der Waals surface area contributed by atoms with Crippen molar-refractivity contribution in [1.82, 2.24) is 15.1 Å². The molecule has 1 N–H and O–H groups in total. The fraction of sp³-hybridized carbons (Fsp3) is 0.556. The highest BCUT2D eigenvalue weighted by atomic mass is 35.5. The molecule has 24 heavy (non-hydrogen) atoms. The third-order valence-corrected chi connectivity index (χ3v) is 4.23. The summed E-state index contributed by atoms with van der Waals surface area (Å²) in [7, 11) is 0. The van der Waals surface area contributed by atoms with Gasteiger partial charge in [-0.1, -0.05) is 30.7 Å². The fourth-order valence-electron chi connectivity index (χ4n) is 2.74. The number of nitrogens with one attached hydrogen (secondary N) is 1. The minimum absolute atomic E-state index is 0.160. The van der Waals surface area contributed by atoms with Crippen LogP contribution in [0.1, 0.15) is 25.8 Å². The molecule has 0 aromatic heterocycles. The van der Waals surface area contributed by atoms with Gasteiger partial charge in [0.15, 0.2) is 5.96 Å². The number of carbonyl (C=O) groups excluding carboxylic acids is 1. The Balaban J connectivity index is 1.88. The third kappa shape index (κ3) is 5.41. The maximum Gasteiger partial charge on any atom is 0.227 e. The molecule has 0 spiro atoms. The van der Waals surface area contributed by atoms with Crippen LogP contribution in [0.15, 0.2) is 29.3 Å². The quantitative estimate of drug-likeness (QED) is 0.655. The average molecular weight is 351 g/mol. The number of halogens is 1. The van der Waals surface area contributed by atoms with Gasteiger partial charge in [-0.15, -0.1) is 0 Å². The Bertz CT molecular complexity index is 568. The molecule has 0 atom stereocenters. The second-order valence-corrected chi connectivity index (χ2v) is 6.35. The fourth-order valence-corrected chi connectivity index (χ4v) is 2.96. The van der Waals surface area contributed by atoms with Gasteiger partial charge in [0.25, 0.3) is 0 Å². The first-order chi connectivity index (χ1) is 11.6. The summed E-state index contributed by atoms with van der Waals surface area (Å²) in [6.45, 7) is 8.98. The molecule has 1 aliphatic rings. The first kappa shape index (κ1) is 18.6. The maximum absolute atomic E-state index is 12.5. The Morgan fingerprint density at radius 1 is 1.21 bits per heavy atom. The lowest BCUT2D eigenvalue weighted by Gasteiger charge is -2.36. The molecule has 1 aromatic rings. The molecule has 1 heterocycles. The molecule has 132 valence electrons. The van der Waals surface area contributed by atoms with E-state index in [-0.39, 0.29) is 5.91 Å². The third-order valence-electron chi connectivity index (χ3n) is 4.00. The number of hydrogen-bond donors (Lipinski definition) is 1. The summed E-state index contributed by atoms with van der Waals surface area (Å²) in [5, 5.41) is 4.01. The summed E-state index contributed by atoms with van der Waals surface area (Å²) in [4.78, 5) is 21.3. The molecule has 2 rings (SSSR count). The molecular formula is C18H27ClN4O. The second-order valence-electron chi connectivity index (χ2n) is 5.91. The van der Waals surface area contributed by atoms with Crippen molar-refractivity contribution in [1.29, 1.82) is 0 Å². The molecule has 0 saturated carbocycles. The number of amides is 1. The van der Waals surface area contributed by atoms with Crippen LogP contribution < -0.4 is 5.32 Å². The van der Waals surface area contributed by atoms with Crippen molar-refractivity contribution in [2.24, 2.45) is 4.99 Å². The van der Waals surface area contributed by atoms with E-state index in [9.17, 15) is 4.79 Å². The summed E-state index contributed by atoms with van der Waals surface area (Å²) >= 11 is 5.99. The van der Waals surface area contributed by atoms with Crippen molar-refractivity contribution < 1.29 is 4.79 Å². The van der Waals surface area contributed by atoms with Gasteiger partial charge in [-0.3, -0.25) is 9.79 Å². The molecule has 1 saturated heterocycles. The smallest absolute Gasteiger partial charge is 0.227 e. The Morgan fingerprint density at radius 3 is 2.54 bits per heavy atom. The number of nitrogens with zero attached hydrogens (tertiary/aromatic N) is 3. The minimum Gasteiger partial charge on any atom is -0.357 e. The van der Waals surface area contributed by atoms with Gasteiger partial charge in [-0.2, -0.15) is 0 Å². The van der Waals surface area contributed by atoms with E-state index < -0.39 is 0 Å². The van der Waals surface area contributed by atoms with E-state index >= 15 is 0 Å². The van der Waals surface area contributed by atoms with Gasteiger partial charge in [0.2, 0.25) is 5.91 Å². The zero-order valence-electron chi connectivity index (χ0n) is 14.6. The van der Waals surface area contributed by atoms with E-state index in [1.54, 1.807) is 0 Å². The summed E-state index contributed by atoms with van der Waals surface area (Å²) in [5.74, 6) is 1.12. The van der Waals surface area contributed by atoms with Gasteiger partial charge < -0.3 is 15.1 Å². The van der Waals surface area contributed by atoms with E-state index in [1.807, 2.05) is 29.2 Å². The molecule has 1 aliphatic heterocycles. The number of hydrogen-bond acceptors (Lipinski definition) is 2. The lowest BCUT2D eigenvalue weighted by molar-refractivity contribution is -0.131. The summed E-state index contributed by atoms with van der Waals surface area (Å²) < 4.78 is 0. The maximum atomic E-state index is 12.5. The van der Waals surface area contributed by atoms with Gasteiger partial charge in [0.1, 0.15) is 0 Å². The minimum atomic E-state index is 0.160. The topological polar surface area (TPSA) is 47.9 Å². The zero-order chi connectivity index (χ0) is 17.4. The number of rotatable bonds is 5. The van der Waals surface area contributed by atoms with Gasteiger partial charge in [-0.05, 0) is 31.0 Å². The van der Waals surface area contributed by atoms with Crippen LogP contribution in [0, 0.1) is 0 Å². The molecule has 0 bridgehead atoms. The number of benzene rings is 1. The summed E-state index contributed by atoms with van der Waals surface area (Å²) in [5.41, 5.74) is 0.966. The van der Waals surface area contributed by atoms with Crippen molar-refractivity contribution >= 4 is 23.5 Å². The van der Waals surface area contributed by atoms with Crippen LogP contribution >= 0.6 is 11.6 Å². The Morgan fingerprint density at radius 2 is 1.92 bits per heavy atom. The Hall–Kier alpha value is -1.75. The molecule has 1 aromatic carbocycles. The molecule has 0 unspecified atom stereocenters. The first-order valence-electron chi connectivity index (χ1n) is 8.69. The predicted molar refractivity (Wildman–Crippen MR) is 99.6 cm³/mol. The average Bonchev–Trinajstić information content (AvgIpc) is 2.59. The lowest BCUT2D eigenvalue weighted by atomic mass is 10.1. The van der Waals surface area contributed by atoms with E-state index in [2.05, 4.69) is 29.1 Å². The molecule has 1 amide bonds. The summed E-state index contributed by atoms with van der Waals surface area (Å²) in [6, 6.07) is 7.51. The van der Waals surface area contributed by atoms with Crippen LogP contribution in [-0.2, 0) is 11.2 Å². The van der Waals surface area contributed by atoms with Crippen molar-refractivity contribution in [3.05, 3.63) is 34.9 Å². The molecular weight excluding hydrogens is 324 g/mol. The molecule has 1 fully saturated rings. The highest BCUT2D eigenvalue weighted by molar-refractivity contribution is 6.30.